The van der Waals surface area contributed by atoms with Gasteiger partial charge in [0.1, 0.15) is 11.5 Å². The maximum absolute atomic E-state index is 10.0. The monoisotopic (exact) mass is 269 g/mol. The lowest BCUT2D eigenvalue weighted by atomic mass is 10.1. The van der Waals surface area contributed by atoms with Gasteiger partial charge in [-0.05, 0) is 31.2 Å². The fourth-order valence-corrected chi connectivity index (χ4v) is 2.93. The minimum Gasteiger partial charge on any atom is -0.464 e. The van der Waals surface area contributed by atoms with Crippen molar-refractivity contribution in [2.45, 2.75) is 56.5 Å². The van der Waals surface area contributed by atoms with Crippen molar-refractivity contribution in [2.75, 3.05) is 6.26 Å². The van der Waals surface area contributed by atoms with Gasteiger partial charge in [-0.25, -0.2) is 0 Å². The SMILES string of the molecule is CSCc1ccc(CNC2CCCCCC2O)o1. The highest BCUT2D eigenvalue weighted by molar-refractivity contribution is 7.97. The molecule has 1 aromatic rings. The molecule has 1 aromatic heterocycles. The lowest BCUT2D eigenvalue weighted by Gasteiger charge is -2.21. The Balaban J connectivity index is 1.81. The Bertz CT molecular complexity index is 353. The Labute approximate surface area is 113 Å². The highest BCUT2D eigenvalue weighted by atomic mass is 32.2. The van der Waals surface area contributed by atoms with E-state index in [0.29, 0.717) is 0 Å². The van der Waals surface area contributed by atoms with Crippen LogP contribution < -0.4 is 5.32 Å². The van der Waals surface area contributed by atoms with Gasteiger partial charge in [-0.1, -0.05) is 19.3 Å². The molecule has 1 heterocycles. The van der Waals surface area contributed by atoms with Crippen LogP contribution in [0.4, 0.5) is 0 Å². The molecule has 18 heavy (non-hydrogen) atoms. The third-order valence-electron chi connectivity index (χ3n) is 3.52. The van der Waals surface area contributed by atoms with Crippen molar-refractivity contribution < 1.29 is 9.52 Å². The number of rotatable bonds is 5. The Morgan fingerprint density at radius 2 is 2.06 bits per heavy atom. The van der Waals surface area contributed by atoms with E-state index in [1.165, 1.54) is 12.8 Å². The fourth-order valence-electron chi connectivity index (χ4n) is 2.50. The average Bonchev–Trinajstić information content (AvgIpc) is 2.70. The Kier molecular flexibility index (Phi) is 5.60. The highest BCUT2D eigenvalue weighted by Gasteiger charge is 2.21. The predicted octanol–water partition coefficient (Wildman–Crippen LogP) is 2.93. The molecule has 2 atom stereocenters. The molecule has 2 rings (SSSR count). The van der Waals surface area contributed by atoms with Crippen molar-refractivity contribution >= 4 is 11.8 Å². The standard InChI is InChI=1S/C14H23NO2S/c1-18-10-12-8-7-11(17-12)9-15-13-5-3-2-4-6-14(13)16/h7-8,13-16H,2-6,9-10H2,1H3. The van der Waals surface area contributed by atoms with Crippen LogP contribution in [0, 0.1) is 0 Å². The Morgan fingerprint density at radius 3 is 2.89 bits per heavy atom. The van der Waals surface area contributed by atoms with E-state index in [0.717, 1.165) is 43.1 Å². The van der Waals surface area contributed by atoms with Gasteiger partial charge in [0.25, 0.3) is 0 Å². The van der Waals surface area contributed by atoms with Gasteiger partial charge >= 0.3 is 0 Å². The first kappa shape index (κ1) is 14.0. The first-order valence-electron chi connectivity index (χ1n) is 6.77. The summed E-state index contributed by atoms with van der Waals surface area (Å²) in [5.74, 6) is 2.92. The predicted molar refractivity (Wildman–Crippen MR) is 75.6 cm³/mol. The second-order valence-corrected chi connectivity index (χ2v) is 5.86. The molecule has 1 saturated carbocycles. The molecule has 2 N–H and O–H groups in total. The molecule has 1 fully saturated rings. The minimum absolute atomic E-state index is 0.201. The second kappa shape index (κ2) is 7.22. The summed E-state index contributed by atoms with van der Waals surface area (Å²) in [7, 11) is 0. The first-order valence-corrected chi connectivity index (χ1v) is 8.17. The summed E-state index contributed by atoms with van der Waals surface area (Å²) in [4.78, 5) is 0. The van der Waals surface area contributed by atoms with Crippen molar-refractivity contribution in [3.05, 3.63) is 23.7 Å². The summed E-state index contributed by atoms with van der Waals surface area (Å²) in [6.45, 7) is 0.718. The maximum Gasteiger partial charge on any atom is 0.118 e. The molecule has 0 aliphatic heterocycles. The van der Waals surface area contributed by atoms with E-state index in [2.05, 4.69) is 11.6 Å². The van der Waals surface area contributed by atoms with Crippen LogP contribution in [0.3, 0.4) is 0 Å². The normalized spacial score (nSPS) is 25.0. The van der Waals surface area contributed by atoms with Gasteiger partial charge in [0, 0.05) is 6.04 Å². The first-order chi connectivity index (χ1) is 8.79. The van der Waals surface area contributed by atoms with Crippen molar-refractivity contribution in [2.24, 2.45) is 0 Å². The van der Waals surface area contributed by atoms with E-state index in [-0.39, 0.29) is 12.1 Å². The minimum atomic E-state index is -0.201. The number of hydrogen-bond acceptors (Lipinski definition) is 4. The van der Waals surface area contributed by atoms with Crippen LogP contribution in [0.5, 0.6) is 0 Å². The van der Waals surface area contributed by atoms with Gasteiger partial charge in [-0.15, -0.1) is 0 Å². The lowest BCUT2D eigenvalue weighted by molar-refractivity contribution is 0.118. The lowest BCUT2D eigenvalue weighted by Crippen LogP contribution is -2.38. The highest BCUT2D eigenvalue weighted by Crippen LogP contribution is 2.19. The van der Waals surface area contributed by atoms with E-state index in [4.69, 9.17) is 4.42 Å². The van der Waals surface area contributed by atoms with Crippen LogP contribution in [0.2, 0.25) is 0 Å². The summed E-state index contributed by atoms with van der Waals surface area (Å²) >= 11 is 1.76. The number of furan rings is 1. The molecule has 0 saturated heterocycles. The largest absolute Gasteiger partial charge is 0.464 e. The molecular formula is C14H23NO2S. The topological polar surface area (TPSA) is 45.4 Å². The van der Waals surface area contributed by atoms with Gasteiger partial charge in [0.2, 0.25) is 0 Å². The number of aliphatic hydroxyl groups is 1. The van der Waals surface area contributed by atoms with Crippen LogP contribution in [0.1, 0.15) is 43.6 Å². The molecule has 102 valence electrons. The Morgan fingerprint density at radius 1 is 1.28 bits per heavy atom. The molecule has 0 spiro atoms. The van der Waals surface area contributed by atoms with E-state index in [9.17, 15) is 5.11 Å². The molecule has 1 aliphatic carbocycles. The zero-order valence-corrected chi connectivity index (χ0v) is 11.8. The van der Waals surface area contributed by atoms with E-state index in [1.54, 1.807) is 11.8 Å². The maximum atomic E-state index is 10.0. The molecular weight excluding hydrogens is 246 g/mol. The van der Waals surface area contributed by atoms with Gasteiger partial charge < -0.3 is 14.8 Å². The Hall–Kier alpha value is -0.450. The molecule has 0 radical (unpaired) electrons. The summed E-state index contributed by atoms with van der Waals surface area (Å²) < 4.78 is 5.72. The smallest absolute Gasteiger partial charge is 0.118 e. The van der Waals surface area contributed by atoms with Crippen LogP contribution in [0.15, 0.2) is 16.5 Å². The fraction of sp³-hybridized carbons (Fsp3) is 0.714. The van der Waals surface area contributed by atoms with Gasteiger partial charge in [0.05, 0.1) is 18.4 Å². The van der Waals surface area contributed by atoms with Crippen molar-refractivity contribution in [3.8, 4) is 0 Å². The third-order valence-corrected chi connectivity index (χ3v) is 4.10. The second-order valence-electron chi connectivity index (χ2n) is 4.99. The average molecular weight is 269 g/mol. The molecule has 2 unspecified atom stereocenters. The van der Waals surface area contributed by atoms with Crippen molar-refractivity contribution in [1.29, 1.82) is 0 Å². The van der Waals surface area contributed by atoms with Crippen LogP contribution in [-0.4, -0.2) is 23.5 Å². The van der Waals surface area contributed by atoms with Gasteiger partial charge in [-0.2, -0.15) is 11.8 Å². The number of nitrogens with one attached hydrogen (secondary N) is 1. The van der Waals surface area contributed by atoms with Gasteiger partial charge in [0.15, 0.2) is 0 Å². The van der Waals surface area contributed by atoms with E-state index >= 15 is 0 Å². The number of aliphatic hydroxyl groups excluding tert-OH is 1. The van der Waals surface area contributed by atoms with Crippen molar-refractivity contribution in [3.63, 3.8) is 0 Å². The molecule has 4 heteroatoms. The zero-order chi connectivity index (χ0) is 12.8. The van der Waals surface area contributed by atoms with E-state index in [1.807, 2.05) is 12.1 Å². The molecule has 0 aromatic carbocycles. The zero-order valence-electron chi connectivity index (χ0n) is 11.0. The molecule has 1 aliphatic rings. The number of hydrogen-bond donors (Lipinski definition) is 2. The number of thioether (sulfide) groups is 1. The summed E-state index contributed by atoms with van der Waals surface area (Å²) in [5.41, 5.74) is 0. The van der Waals surface area contributed by atoms with Crippen LogP contribution in [-0.2, 0) is 12.3 Å². The summed E-state index contributed by atoms with van der Waals surface area (Å²) in [6.07, 6.45) is 7.47. The molecule has 0 amide bonds. The molecule has 3 nitrogen and oxygen atoms in total. The quantitative estimate of drug-likeness (QED) is 0.807. The van der Waals surface area contributed by atoms with Crippen LogP contribution >= 0.6 is 11.8 Å². The summed E-state index contributed by atoms with van der Waals surface area (Å²) in [6, 6.07) is 4.29. The van der Waals surface area contributed by atoms with Crippen molar-refractivity contribution in [1.82, 2.24) is 5.32 Å². The summed E-state index contributed by atoms with van der Waals surface area (Å²) in [5, 5.41) is 13.5. The van der Waals surface area contributed by atoms with E-state index < -0.39 is 0 Å². The molecule has 0 bridgehead atoms. The van der Waals surface area contributed by atoms with Gasteiger partial charge in [-0.3, -0.25) is 0 Å². The third kappa shape index (κ3) is 4.04. The van der Waals surface area contributed by atoms with Crippen LogP contribution in [0.25, 0.3) is 0 Å².